The SMILES string of the molecule is CC(=O)C(O[P+](=O)O)C(N)c1ccccc1. The largest absolute Gasteiger partial charge is 0.695 e. The molecule has 0 bridgehead atoms. The number of ketones is 1. The highest BCUT2D eigenvalue weighted by atomic mass is 31.1. The molecule has 0 aliphatic heterocycles. The van der Waals surface area contributed by atoms with E-state index in [2.05, 4.69) is 4.52 Å². The monoisotopic (exact) mass is 242 g/mol. The Balaban J connectivity index is 2.87. The number of hydrogen-bond acceptors (Lipinski definition) is 4. The summed E-state index contributed by atoms with van der Waals surface area (Å²) in [6.45, 7) is 1.27. The number of benzene rings is 1. The van der Waals surface area contributed by atoms with Crippen LogP contribution < -0.4 is 5.73 Å². The van der Waals surface area contributed by atoms with Gasteiger partial charge in [0.1, 0.15) is 0 Å². The predicted octanol–water partition coefficient (Wildman–Crippen LogP) is 1.31. The summed E-state index contributed by atoms with van der Waals surface area (Å²) in [6.07, 6.45) is -1.10. The van der Waals surface area contributed by atoms with Crippen LogP contribution in [0.5, 0.6) is 0 Å². The van der Waals surface area contributed by atoms with Crippen LogP contribution in [0.15, 0.2) is 30.3 Å². The zero-order chi connectivity index (χ0) is 12.1. The van der Waals surface area contributed by atoms with Crippen molar-refractivity contribution in [1.82, 2.24) is 0 Å². The van der Waals surface area contributed by atoms with Crippen molar-refractivity contribution in [2.24, 2.45) is 5.73 Å². The summed E-state index contributed by atoms with van der Waals surface area (Å²) in [7, 11) is -2.85. The van der Waals surface area contributed by atoms with Gasteiger partial charge < -0.3 is 5.73 Å². The van der Waals surface area contributed by atoms with Gasteiger partial charge in [0.2, 0.25) is 0 Å². The van der Waals surface area contributed by atoms with Crippen LogP contribution in [0, 0.1) is 0 Å². The minimum Gasteiger partial charge on any atom is -0.321 e. The molecule has 0 saturated heterocycles. The number of carbonyl (C=O) groups excluding carboxylic acids is 1. The van der Waals surface area contributed by atoms with Crippen molar-refractivity contribution in [2.75, 3.05) is 0 Å². The summed E-state index contributed by atoms with van der Waals surface area (Å²) in [6, 6.07) is 8.07. The fourth-order valence-electron chi connectivity index (χ4n) is 1.34. The molecular formula is C10H13NO4P+. The van der Waals surface area contributed by atoms with Gasteiger partial charge in [-0.2, -0.15) is 0 Å². The molecule has 0 spiro atoms. The summed E-state index contributed by atoms with van der Waals surface area (Å²) in [5.74, 6) is -0.381. The molecule has 3 unspecified atom stereocenters. The lowest BCUT2D eigenvalue weighted by Gasteiger charge is -2.16. The molecule has 0 aliphatic carbocycles. The molecule has 0 amide bonds. The number of carbonyl (C=O) groups is 1. The quantitative estimate of drug-likeness (QED) is 0.760. The van der Waals surface area contributed by atoms with Gasteiger partial charge in [-0.15, -0.1) is 9.42 Å². The fourth-order valence-corrected chi connectivity index (χ4v) is 1.81. The highest BCUT2D eigenvalue weighted by Gasteiger charge is 2.33. The number of nitrogens with two attached hydrogens (primary N) is 1. The highest BCUT2D eigenvalue weighted by molar-refractivity contribution is 7.32. The smallest absolute Gasteiger partial charge is 0.321 e. The Bertz CT molecular complexity index is 382. The van der Waals surface area contributed by atoms with Crippen molar-refractivity contribution < 1.29 is 18.8 Å². The van der Waals surface area contributed by atoms with E-state index >= 15 is 0 Å². The maximum absolute atomic E-state index is 11.2. The van der Waals surface area contributed by atoms with Gasteiger partial charge in [-0.25, -0.2) is 0 Å². The summed E-state index contributed by atoms with van der Waals surface area (Å²) in [5, 5.41) is 0. The summed E-state index contributed by atoms with van der Waals surface area (Å²) < 4.78 is 15.2. The van der Waals surface area contributed by atoms with Gasteiger partial charge in [0, 0.05) is 4.57 Å². The minimum absolute atomic E-state index is 0.381. The predicted molar refractivity (Wildman–Crippen MR) is 58.7 cm³/mol. The molecule has 3 N–H and O–H groups in total. The summed E-state index contributed by atoms with van der Waals surface area (Å²) in [5.41, 5.74) is 6.48. The van der Waals surface area contributed by atoms with Crippen molar-refractivity contribution in [3.63, 3.8) is 0 Å². The Kier molecular flexibility index (Phi) is 4.71. The number of Topliss-reactive ketones (excluding diaryl/α,β-unsaturated/α-hetero) is 1. The number of hydrogen-bond donors (Lipinski definition) is 2. The Morgan fingerprint density at radius 2 is 2.00 bits per heavy atom. The fraction of sp³-hybridized carbons (Fsp3) is 0.300. The Morgan fingerprint density at radius 1 is 1.44 bits per heavy atom. The Hall–Kier alpha value is -1.13. The first-order valence-corrected chi connectivity index (χ1v) is 5.79. The topological polar surface area (TPSA) is 89.6 Å². The average molecular weight is 242 g/mol. The zero-order valence-electron chi connectivity index (χ0n) is 8.74. The average Bonchev–Trinajstić information content (AvgIpc) is 2.25. The van der Waals surface area contributed by atoms with Gasteiger partial charge in [0.15, 0.2) is 11.9 Å². The molecule has 0 radical (unpaired) electrons. The van der Waals surface area contributed by atoms with E-state index in [1.807, 2.05) is 6.07 Å². The van der Waals surface area contributed by atoms with Crippen molar-refractivity contribution in [3.8, 4) is 0 Å². The second-order valence-corrected chi connectivity index (χ2v) is 4.00. The van der Waals surface area contributed by atoms with Gasteiger partial charge in [-0.05, 0) is 12.5 Å². The second kappa shape index (κ2) is 5.82. The molecule has 1 aromatic carbocycles. The normalized spacial score (nSPS) is 15.3. The van der Waals surface area contributed by atoms with Crippen LogP contribution in [0.1, 0.15) is 18.5 Å². The van der Waals surface area contributed by atoms with Crippen LogP contribution >= 0.6 is 8.25 Å². The molecule has 0 aliphatic rings. The van der Waals surface area contributed by atoms with E-state index in [9.17, 15) is 9.36 Å². The molecule has 0 fully saturated rings. The maximum atomic E-state index is 11.2. The minimum atomic E-state index is -2.85. The van der Waals surface area contributed by atoms with Crippen molar-refractivity contribution in [1.29, 1.82) is 0 Å². The van der Waals surface area contributed by atoms with E-state index < -0.39 is 20.4 Å². The van der Waals surface area contributed by atoms with E-state index in [1.54, 1.807) is 24.3 Å². The van der Waals surface area contributed by atoms with Crippen molar-refractivity contribution >= 4 is 14.0 Å². The molecule has 86 valence electrons. The lowest BCUT2D eigenvalue weighted by molar-refractivity contribution is -0.124. The van der Waals surface area contributed by atoms with Gasteiger partial charge in [0.05, 0.1) is 6.04 Å². The van der Waals surface area contributed by atoms with Crippen molar-refractivity contribution in [2.45, 2.75) is 19.1 Å². The third kappa shape index (κ3) is 3.47. The molecular weight excluding hydrogens is 229 g/mol. The van der Waals surface area contributed by atoms with Gasteiger partial charge >= 0.3 is 8.25 Å². The Morgan fingerprint density at radius 3 is 2.44 bits per heavy atom. The zero-order valence-corrected chi connectivity index (χ0v) is 9.63. The number of rotatable bonds is 5. The van der Waals surface area contributed by atoms with E-state index in [0.717, 1.165) is 0 Å². The molecule has 1 aromatic rings. The third-order valence-corrected chi connectivity index (χ3v) is 2.52. The van der Waals surface area contributed by atoms with Crippen LogP contribution in [-0.2, 0) is 13.9 Å². The van der Waals surface area contributed by atoms with E-state index in [-0.39, 0.29) is 5.78 Å². The first-order chi connectivity index (χ1) is 7.52. The Labute approximate surface area is 94.2 Å². The molecule has 0 heterocycles. The van der Waals surface area contributed by atoms with Crippen LogP contribution in [0.2, 0.25) is 0 Å². The molecule has 0 saturated carbocycles. The van der Waals surface area contributed by atoms with Crippen LogP contribution in [0.25, 0.3) is 0 Å². The third-order valence-electron chi connectivity index (χ3n) is 2.12. The summed E-state index contributed by atoms with van der Waals surface area (Å²) >= 11 is 0. The first kappa shape index (κ1) is 12.9. The van der Waals surface area contributed by atoms with Crippen molar-refractivity contribution in [3.05, 3.63) is 35.9 Å². The molecule has 6 heteroatoms. The van der Waals surface area contributed by atoms with Crippen LogP contribution in [0.4, 0.5) is 0 Å². The van der Waals surface area contributed by atoms with E-state index in [4.69, 9.17) is 10.6 Å². The highest BCUT2D eigenvalue weighted by Crippen LogP contribution is 2.26. The summed E-state index contributed by atoms with van der Waals surface area (Å²) in [4.78, 5) is 19.9. The van der Waals surface area contributed by atoms with Gasteiger partial charge in [-0.1, -0.05) is 30.3 Å². The van der Waals surface area contributed by atoms with Crippen LogP contribution in [-0.4, -0.2) is 16.8 Å². The molecule has 16 heavy (non-hydrogen) atoms. The first-order valence-electron chi connectivity index (χ1n) is 4.66. The van der Waals surface area contributed by atoms with E-state index in [1.165, 1.54) is 6.92 Å². The van der Waals surface area contributed by atoms with E-state index in [0.29, 0.717) is 5.56 Å². The lowest BCUT2D eigenvalue weighted by atomic mass is 10.0. The lowest BCUT2D eigenvalue weighted by Crippen LogP contribution is -2.33. The molecule has 1 rings (SSSR count). The molecule has 5 nitrogen and oxygen atoms in total. The standard InChI is InChI=1S/C10H12NO4P/c1-7(12)10(15-16(13)14)9(11)8-5-3-2-4-6-8/h2-6,9-10H,11H2,1H3/p+1. The second-order valence-electron chi connectivity index (χ2n) is 3.31. The van der Waals surface area contributed by atoms with Crippen LogP contribution in [0.3, 0.4) is 0 Å². The molecule has 0 aromatic heterocycles. The molecule has 3 atom stereocenters. The van der Waals surface area contributed by atoms with Gasteiger partial charge in [0.25, 0.3) is 0 Å². The maximum Gasteiger partial charge on any atom is 0.695 e. The van der Waals surface area contributed by atoms with Gasteiger partial charge in [-0.3, -0.25) is 4.79 Å².